The lowest BCUT2D eigenvalue weighted by Gasteiger charge is -2.17. The summed E-state index contributed by atoms with van der Waals surface area (Å²) >= 11 is 0. The van der Waals surface area contributed by atoms with Crippen LogP contribution in [0.3, 0.4) is 0 Å². The van der Waals surface area contributed by atoms with Crippen LogP contribution in [0.2, 0.25) is 0 Å². The topological polar surface area (TPSA) is 88.2 Å². The Hall–Kier alpha value is -3.32. The van der Waals surface area contributed by atoms with Crippen molar-refractivity contribution in [3.8, 4) is 11.5 Å². The molecular formula is C23H24N4O3. The van der Waals surface area contributed by atoms with Crippen molar-refractivity contribution in [2.45, 2.75) is 25.9 Å². The maximum Gasteiger partial charge on any atom is 0.253 e. The molecule has 3 aromatic rings. The Labute approximate surface area is 174 Å². The van der Waals surface area contributed by atoms with Crippen molar-refractivity contribution in [1.82, 2.24) is 19.9 Å². The van der Waals surface area contributed by atoms with Crippen LogP contribution < -0.4 is 5.56 Å². The average Bonchev–Trinajstić information content (AvgIpc) is 3.28. The van der Waals surface area contributed by atoms with Crippen LogP contribution in [0.1, 0.15) is 40.9 Å². The van der Waals surface area contributed by atoms with Gasteiger partial charge in [0.05, 0.1) is 12.3 Å². The highest BCUT2D eigenvalue weighted by Crippen LogP contribution is 2.27. The number of ether oxygens (including phenoxy) is 1. The summed E-state index contributed by atoms with van der Waals surface area (Å²) in [5.74, 6) is 0.471. The van der Waals surface area contributed by atoms with Crippen LogP contribution >= 0.6 is 0 Å². The zero-order chi connectivity index (χ0) is 20.9. The number of aromatic nitrogens is 3. The fourth-order valence-electron chi connectivity index (χ4n) is 3.64. The maximum absolute atomic E-state index is 12.9. The second-order valence-electron chi connectivity index (χ2n) is 7.30. The van der Waals surface area contributed by atoms with Gasteiger partial charge in [0.15, 0.2) is 5.82 Å². The molecule has 0 bridgehead atoms. The zero-order valence-corrected chi connectivity index (χ0v) is 16.9. The summed E-state index contributed by atoms with van der Waals surface area (Å²) in [5, 5.41) is 0. The third-order valence-corrected chi connectivity index (χ3v) is 5.24. The molecular weight excluding hydrogens is 380 g/mol. The molecule has 0 aliphatic carbocycles. The Bertz CT molecular complexity index is 1060. The SMILES string of the molecule is CCOCc1ccc(C(=O)N2CC[C@@H](c3cc(=O)[nH]c(-c4ccccn4)n3)C2)cc1. The van der Waals surface area contributed by atoms with Crippen LogP contribution in [0, 0.1) is 0 Å². The van der Waals surface area contributed by atoms with Crippen LogP contribution in [0.15, 0.2) is 59.5 Å². The predicted octanol–water partition coefficient (Wildman–Crippen LogP) is 3.00. The Kier molecular flexibility index (Phi) is 5.99. The van der Waals surface area contributed by atoms with Gasteiger partial charge in [-0.15, -0.1) is 0 Å². The van der Waals surface area contributed by atoms with Crippen molar-refractivity contribution in [1.29, 1.82) is 0 Å². The van der Waals surface area contributed by atoms with E-state index >= 15 is 0 Å². The molecule has 1 saturated heterocycles. The maximum atomic E-state index is 12.9. The number of nitrogens with zero attached hydrogens (tertiary/aromatic N) is 3. The summed E-state index contributed by atoms with van der Waals surface area (Å²) in [4.78, 5) is 38.5. The number of rotatable bonds is 6. The Morgan fingerprint density at radius 2 is 2.07 bits per heavy atom. The number of H-pyrrole nitrogens is 1. The summed E-state index contributed by atoms with van der Waals surface area (Å²) < 4.78 is 5.40. The third-order valence-electron chi connectivity index (χ3n) is 5.24. The van der Waals surface area contributed by atoms with E-state index in [0.717, 1.165) is 12.0 Å². The number of pyridine rings is 1. The molecule has 154 valence electrons. The molecule has 1 aliphatic rings. The highest BCUT2D eigenvalue weighted by molar-refractivity contribution is 5.94. The van der Waals surface area contributed by atoms with Crippen molar-refractivity contribution in [2.24, 2.45) is 0 Å². The summed E-state index contributed by atoms with van der Waals surface area (Å²) in [5.41, 5.74) is 2.80. The molecule has 7 nitrogen and oxygen atoms in total. The molecule has 0 saturated carbocycles. The number of hydrogen-bond acceptors (Lipinski definition) is 5. The van der Waals surface area contributed by atoms with Crippen molar-refractivity contribution >= 4 is 5.91 Å². The number of benzene rings is 1. The van der Waals surface area contributed by atoms with Gasteiger partial charge in [-0.05, 0) is 43.2 Å². The normalized spacial score (nSPS) is 16.0. The quantitative estimate of drug-likeness (QED) is 0.682. The predicted molar refractivity (Wildman–Crippen MR) is 113 cm³/mol. The summed E-state index contributed by atoms with van der Waals surface area (Å²) in [6.07, 6.45) is 2.43. The van der Waals surface area contributed by atoms with Crippen LogP contribution in [0.25, 0.3) is 11.5 Å². The minimum atomic E-state index is -0.213. The lowest BCUT2D eigenvalue weighted by Crippen LogP contribution is -2.28. The van der Waals surface area contributed by atoms with Gasteiger partial charge in [-0.1, -0.05) is 18.2 Å². The van der Waals surface area contributed by atoms with E-state index in [0.29, 0.717) is 49.1 Å². The molecule has 30 heavy (non-hydrogen) atoms. The number of likely N-dealkylation sites (tertiary alicyclic amines) is 1. The van der Waals surface area contributed by atoms with E-state index in [1.54, 1.807) is 6.20 Å². The highest BCUT2D eigenvalue weighted by atomic mass is 16.5. The second-order valence-corrected chi connectivity index (χ2v) is 7.30. The molecule has 2 aromatic heterocycles. The third kappa shape index (κ3) is 4.46. The van der Waals surface area contributed by atoms with Gasteiger partial charge in [0, 0.05) is 43.4 Å². The summed E-state index contributed by atoms with van der Waals surface area (Å²) in [6.45, 7) is 4.34. The fraction of sp³-hybridized carbons (Fsp3) is 0.304. The van der Waals surface area contributed by atoms with E-state index in [9.17, 15) is 9.59 Å². The minimum absolute atomic E-state index is 0.00440. The van der Waals surface area contributed by atoms with E-state index in [1.165, 1.54) is 6.07 Å². The molecule has 1 aromatic carbocycles. The Morgan fingerprint density at radius 3 is 2.80 bits per heavy atom. The number of carbonyl (C=O) groups is 1. The minimum Gasteiger partial charge on any atom is -0.377 e. The molecule has 1 N–H and O–H groups in total. The monoisotopic (exact) mass is 404 g/mol. The molecule has 3 heterocycles. The molecule has 1 fully saturated rings. The van der Waals surface area contributed by atoms with Gasteiger partial charge in [-0.25, -0.2) is 4.98 Å². The van der Waals surface area contributed by atoms with Crippen molar-refractivity contribution in [3.05, 3.63) is 81.9 Å². The highest BCUT2D eigenvalue weighted by Gasteiger charge is 2.29. The molecule has 4 rings (SSSR count). The molecule has 0 radical (unpaired) electrons. The number of carbonyl (C=O) groups excluding carboxylic acids is 1. The largest absolute Gasteiger partial charge is 0.377 e. The van der Waals surface area contributed by atoms with E-state index in [2.05, 4.69) is 15.0 Å². The van der Waals surface area contributed by atoms with Gasteiger partial charge in [-0.2, -0.15) is 0 Å². The lowest BCUT2D eigenvalue weighted by atomic mass is 10.0. The molecule has 0 spiro atoms. The van der Waals surface area contributed by atoms with E-state index in [-0.39, 0.29) is 17.4 Å². The van der Waals surface area contributed by atoms with Crippen molar-refractivity contribution in [2.75, 3.05) is 19.7 Å². The van der Waals surface area contributed by atoms with E-state index in [1.807, 2.05) is 54.3 Å². The average molecular weight is 404 g/mol. The smallest absolute Gasteiger partial charge is 0.253 e. The number of hydrogen-bond donors (Lipinski definition) is 1. The van der Waals surface area contributed by atoms with Crippen LogP contribution in [-0.4, -0.2) is 45.5 Å². The number of aromatic amines is 1. The molecule has 7 heteroatoms. The lowest BCUT2D eigenvalue weighted by molar-refractivity contribution is 0.0790. The van der Waals surface area contributed by atoms with E-state index < -0.39 is 0 Å². The Balaban J connectivity index is 1.47. The molecule has 1 atom stereocenters. The van der Waals surface area contributed by atoms with Crippen LogP contribution in [-0.2, 0) is 11.3 Å². The van der Waals surface area contributed by atoms with Crippen molar-refractivity contribution < 1.29 is 9.53 Å². The van der Waals surface area contributed by atoms with Crippen molar-refractivity contribution in [3.63, 3.8) is 0 Å². The number of nitrogens with one attached hydrogen (secondary N) is 1. The van der Waals surface area contributed by atoms with Crippen LogP contribution in [0.5, 0.6) is 0 Å². The summed E-state index contributed by atoms with van der Waals surface area (Å²) in [6, 6.07) is 14.5. The first-order valence-electron chi connectivity index (χ1n) is 10.1. The first-order chi connectivity index (χ1) is 14.6. The first-order valence-corrected chi connectivity index (χ1v) is 10.1. The number of amides is 1. The van der Waals surface area contributed by atoms with Gasteiger partial charge in [0.2, 0.25) is 0 Å². The Morgan fingerprint density at radius 1 is 1.23 bits per heavy atom. The summed E-state index contributed by atoms with van der Waals surface area (Å²) in [7, 11) is 0. The molecule has 1 amide bonds. The fourth-order valence-corrected chi connectivity index (χ4v) is 3.64. The molecule has 0 unspecified atom stereocenters. The zero-order valence-electron chi connectivity index (χ0n) is 16.9. The second kappa shape index (κ2) is 9.00. The first kappa shape index (κ1) is 20.0. The standard InChI is InChI=1S/C23H24N4O3/c1-2-30-15-16-6-8-17(9-7-16)23(29)27-12-10-18(14-27)20-13-21(28)26-22(25-20)19-5-3-4-11-24-19/h3-9,11,13,18H,2,10,12,14-15H2,1H3,(H,25,26,28)/t18-/m1/s1. The van der Waals surface area contributed by atoms with Crippen LogP contribution in [0.4, 0.5) is 0 Å². The van der Waals surface area contributed by atoms with Gasteiger partial charge in [-0.3, -0.25) is 14.6 Å². The molecule has 1 aliphatic heterocycles. The van der Waals surface area contributed by atoms with E-state index in [4.69, 9.17) is 4.74 Å². The van der Waals surface area contributed by atoms with Gasteiger partial charge in [0.1, 0.15) is 5.69 Å². The van der Waals surface area contributed by atoms with Gasteiger partial charge in [0.25, 0.3) is 11.5 Å². The van der Waals surface area contributed by atoms with Gasteiger partial charge >= 0.3 is 0 Å². The van der Waals surface area contributed by atoms with Gasteiger partial charge < -0.3 is 14.6 Å².